The summed E-state index contributed by atoms with van der Waals surface area (Å²) in [5, 5.41) is 1.27. The van der Waals surface area contributed by atoms with E-state index >= 15 is 0 Å². The van der Waals surface area contributed by atoms with Crippen LogP contribution in [0, 0.1) is 6.92 Å². The van der Waals surface area contributed by atoms with Crippen molar-refractivity contribution < 1.29 is 0 Å². The molecule has 0 fully saturated rings. The molecule has 0 spiro atoms. The van der Waals surface area contributed by atoms with E-state index in [1.807, 2.05) is 56.3 Å². The minimum absolute atomic E-state index is 0.192. The van der Waals surface area contributed by atoms with Gasteiger partial charge in [0.05, 0.1) is 27.1 Å². The molecule has 0 saturated carbocycles. The van der Waals surface area contributed by atoms with Crippen LogP contribution in [0.1, 0.15) is 23.6 Å². The third kappa shape index (κ3) is 3.58. The number of fused-ring (bicyclic) bond motifs is 2. The molecule has 0 saturated heterocycles. The molecule has 0 amide bonds. The summed E-state index contributed by atoms with van der Waals surface area (Å²) in [6.45, 7) is 3.86. The number of rotatable bonds is 4. The first-order valence-corrected chi connectivity index (χ1v) is 11.0. The van der Waals surface area contributed by atoms with Crippen molar-refractivity contribution in [3.05, 3.63) is 99.0 Å². The van der Waals surface area contributed by atoms with Gasteiger partial charge >= 0.3 is 0 Å². The van der Waals surface area contributed by atoms with Gasteiger partial charge in [0, 0.05) is 6.20 Å². The molecule has 158 valence electrons. The summed E-state index contributed by atoms with van der Waals surface area (Å²) in [5.74, 6) is 1.01. The lowest BCUT2D eigenvalue weighted by molar-refractivity contribution is 0.787. The normalized spacial score (nSPS) is 12.3. The summed E-state index contributed by atoms with van der Waals surface area (Å²) >= 11 is 1.35. The number of thioether (sulfide) groups is 1. The third-order valence-corrected chi connectivity index (χ3v) is 6.23. The Labute approximate surface area is 187 Å². The van der Waals surface area contributed by atoms with Crippen molar-refractivity contribution in [3.8, 4) is 5.82 Å². The van der Waals surface area contributed by atoms with E-state index in [0.717, 1.165) is 5.56 Å². The number of aromatic amines is 1. The van der Waals surface area contributed by atoms with E-state index in [2.05, 4.69) is 15.0 Å². The van der Waals surface area contributed by atoms with Crippen LogP contribution in [0.5, 0.6) is 0 Å². The highest BCUT2D eigenvalue weighted by molar-refractivity contribution is 7.99. The molecule has 1 unspecified atom stereocenters. The molecule has 3 aromatic heterocycles. The van der Waals surface area contributed by atoms with Crippen molar-refractivity contribution in [1.29, 1.82) is 0 Å². The van der Waals surface area contributed by atoms with E-state index in [-0.39, 0.29) is 16.4 Å². The standard InChI is InChI=1S/C24H19N5O2S/c1-14-11-12-20(25-13-14)29-23(31)17-8-4-6-10-19(17)27-24(29)32-15(2)21-26-18-9-5-3-7-16(18)22(30)28-21/h3-13,15H,1-2H3,(H,26,28,30). The maximum Gasteiger partial charge on any atom is 0.267 e. The van der Waals surface area contributed by atoms with Crippen LogP contribution in [0.25, 0.3) is 27.6 Å². The Morgan fingerprint density at radius 1 is 0.906 bits per heavy atom. The van der Waals surface area contributed by atoms with Gasteiger partial charge in [0.1, 0.15) is 11.6 Å². The van der Waals surface area contributed by atoms with E-state index in [4.69, 9.17) is 4.98 Å². The highest BCUT2D eigenvalue weighted by Gasteiger charge is 2.19. The van der Waals surface area contributed by atoms with Crippen LogP contribution >= 0.6 is 11.8 Å². The molecule has 0 aliphatic rings. The SMILES string of the molecule is Cc1ccc(-n2c(SC(C)c3nc4ccccc4c(=O)[nH]3)nc3ccccc3c2=O)nc1. The fourth-order valence-corrected chi connectivity index (χ4v) is 4.47. The van der Waals surface area contributed by atoms with Crippen LogP contribution in [-0.4, -0.2) is 24.5 Å². The van der Waals surface area contributed by atoms with Gasteiger partial charge in [0.2, 0.25) is 0 Å². The summed E-state index contributed by atoms with van der Waals surface area (Å²) in [6, 6.07) is 18.2. The Balaban J connectivity index is 1.65. The second kappa shape index (κ2) is 8.05. The molecule has 0 aliphatic carbocycles. The van der Waals surface area contributed by atoms with Gasteiger partial charge in [0.25, 0.3) is 11.1 Å². The Hall–Kier alpha value is -3.78. The number of nitrogens with one attached hydrogen (secondary N) is 1. The lowest BCUT2D eigenvalue weighted by atomic mass is 10.2. The predicted octanol–water partition coefficient (Wildman–Crippen LogP) is 4.18. The van der Waals surface area contributed by atoms with Gasteiger partial charge in [-0.25, -0.2) is 19.5 Å². The monoisotopic (exact) mass is 441 g/mol. The van der Waals surface area contributed by atoms with Gasteiger partial charge in [-0.3, -0.25) is 9.59 Å². The fraction of sp³-hybridized carbons (Fsp3) is 0.125. The van der Waals surface area contributed by atoms with Crippen LogP contribution in [0.2, 0.25) is 0 Å². The smallest absolute Gasteiger partial charge is 0.267 e. The maximum absolute atomic E-state index is 13.4. The minimum atomic E-state index is -0.267. The van der Waals surface area contributed by atoms with E-state index in [1.54, 1.807) is 24.4 Å². The molecule has 0 aliphatic heterocycles. The number of hydrogen-bond acceptors (Lipinski definition) is 6. The average Bonchev–Trinajstić information content (AvgIpc) is 2.80. The number of pyridine rings is 1. The summed E-state index contributed by atoms with van der Waals surface area (Å²) in [5.41, 5.74) is 1.85. The zero-order valence-corrected chi connectivity index (χ0v) is 18.3. The number of aromatic nitrogens is 5. The molecule has 0 radical (unpaired) electrons. The van der Waals surface area contributed by atoms with Crippen molar-refractivity contribution in [2.45, 2.75) is 24.3 Å². The summed E-state index contributed by atoms with van der Waals surface area (Å²) in [7, 11) is 0. The van der Waals surface area contributed by atoms with Gasteiger partial charge in [-0.2, -0.15) is 0 Å². The Morgan fingerprint density at radius 2 is 1.59 bits per heavy atom. The number of aryl methyl sites for hydroxylation is 1. The molecule has 3 heterocycles. The van der Waals surface area contributed by atoms with Crippen molar-refractivity contribution in [2.75, 3.05) is 0 Å². The molecule has 32 heavy (non-hydrogen) atoms. The largest absolute Gasteiger partial charge is 0.309 e. The molecule has 8 heteroatoms. The van der Waals surface area contributed by atoms with Crippen molar-refractivity contribution in [1.82, 2.24) is 24.5 Å². The van der Waals surface area contributed by atoms with Gasteiger partial charge < -0.3 is 4.98 Å². The molecule has 5 aromatic rings. The number of nitrogens with zero attached hydrogens (tertiary/aromatic N) is 4. The average molecular weight is 442 g/mol. The Kier molecular flexibility index (Phi) is 5.07. The lowest BCUT2D eigenvalue weighted by Crippen LogP contribution is -2.23. The van der Waals surface area contributed by atoms with E-state index < -0.39 is 0 Å². The molecular weight excluding hydrogens is 422 g/mol. The van der Waals surface area contributed by atoms with Crippen molar-refractivity contribution in [3.63, 3.8) is 0 Å². The highest BCUT2D eigenvalue weighted by Crippen LogP contribution is 2.33. The Morgan fingerprint density at radius 3 is 2.31 bits per heavy atom. The first-order valence-electron chi connectivity index (χ1n) is 10.1. The maximum atomic E-state index is 13.4. The van der Waals surface area contributed by atoms with E-state index in [9.17, 15) is 9.59 Å². The molecule has 2 aromatic carbocycles. The first-order chi connectivity index (χ1) is 15.5. The predicted molar refractivity (Wildman–Crippen MR) is 127 cm³/mol. The number of H-pyrrole nitrogens is 1. The highest BCUT2D eigenvalue weighted by atomic mass is 32.2. The summed E-state index contributed by atoms with van der Waals surface area (Å²) in [4.78, 5) is 42.6. The number of hydrogen-bond donors (Lipinski definition) is 1. The number of benzene rings is 2. The molecule has 7 nitrogen and oxygen atoms in total. The minimum Gasteiger partial charge on any atom is -0.309 e. The van der Waals surface area contributed by atoms with Crippen molar-refractivity contribution >= 4 is 33.6 Å². The summed E-state index contributed by atoms with van der Waals surface area (Å²) in [6.07, 6.45) is 1.72. The third-order valence-electron chi connectivity index (χ3n) is 5.17. The molecule has 1 N–H and O–H groups in total. The van der Waals surface area contributed by atoms with E-state index in [1.165, 1.54) is 16.3 Å². The molecule has 5 rings (SSSR count). The van der Waals surface area contributed by atoms with Crippen molar-refractivity contribution in [2.24, 2.45) is 0 Å². The zero-order valence-electron chi connectivity index (χ0n) is 17.4. The number of para-hydroxylation sites is 2. The van der Waals surface area contributed by atoms with Crippen LogP contribution in [0.3, 0.4) is 0 Å². The van der Waals surface area contributed by atoms with E-state index in [0.29, 0.717) is 38.6 Å². The van der Waals surface area contributed by atoms with Gasteiger partial charge in [0.15, 0.2) is 5.16 Å². The Bertz CT molecular complexity index is 1570. The van der Waals surface area contributed by atoms with Gasteiger partial charge in [-0.1, -0.05) is 42.1 Å². The topological polar surface area (TPSA) is 93.5 Å². The first kappa shape index (κ1) is 20.1. The van der Waals surface area contributed by atoms with Crippen LogP contribution in [-0.2, 0) is 0 Å². The molecule has 1 atom stereocenters. The molecule has 0 bridgehead atoms. The van der Waals surface area contributed by atoms with Crippen LogP contribution in [0.4, 0.5) is 0 Å². The van der Waals surface area contributed by atoms with Crippen LogP contribution in [0.15, 0.2) is 81.6 Å². The van der Waals surface area contributed by atoms with Gasteiger partial charge in [-0.05, 0) is 49.7 Å². The quantitative estimate of drug-likeness (QED) is 0.332. The van der Waals surface area contributed by atoms with Crippen LogP contribution < -0.4 is 11.1 Å². The second-order valence-corrected chi connectivity index (χ2v) is 8.78. The molecular formula is C24H19N5O2S. The second-order valence-electron chi connectivity index (χ2n) is 7.47. The zero-order chi connectivity index (χ0) is 22.2. The summed E-state index contributed by atoms with van der Waals surface area (Å²) < 4.78 is 1.52. The fourth-order valence-electron chi connectivity index (χ4n) is 3.50. The van der Waals surface area contributed by atoms with Gasteiger partial charge in [-0.15, -0.1) is 0 Å². The lowest BCUT2D eigenvalue weighted by Gasteiger charge is -2.16.